The third-order valence-electron chi connectivity index (χ3n) is 4.41. The first-order chi connectivity index (χ1) is 13.0. The highest BCUT2D eigenvalue weighted by atomic mass is 16.5. The molecule has 6 nitrogen and oxygen atoms in total. The van der Waals surface area contributed by atoms with Crippen molar-refractivity contribution in [1.29, 1.82) is 0 Å². The molecule has 2 amide bonds. The molecule has 140 valence electrons. The van der Waals surface area contributed by atoms with E-state index in [1.165, 1.54) is 6.92 Å². The number of hydrogen-bond donors (Lipinski definition) is 1. The number of nitrogens with one attached hydrogen (secondary N) is 1. The maximum absolute atomic E-state index is 12.3. The number of anilines is 1. The van der Waals surface area contributed by atoms with Crippen LogP contribution < -0.4 is 5.32 Å². The number of benzene rings is 2. The van der Waals surface area contributed by atoms with Crippen molar-refractivity contribution in [2.75, 3.05) is 18.4 Å². The lowest BCUT2D eigenvalue weighted by Crippen LogP contribution is -2.27. The van der Waals surface area contributed by atoms with Crippen molar-refractivity contribution >= 4 is 23.5 Å². The Kier molecular flexibility index (Phi) is 5.86. The van der Waals surface area contributed by atoms with Crippen LogP contribution >= 0.6 is 0 Å². The Morgan fingerprint density at radius 3 is 2.11 bits per heavy atom. The minimum atomic E-state index is -0.443. The Labute approximate surface area is 158 Å². The molecule has 2 aromatic rings. The lowest BCUT2D eigenvalue weighted by molar-refractivity contribution is -0.114. The van der Waals surface area contributed by atoms with Crippen LogP contribution in [0.25, 0.3) is 0 Å². The summed E-state index contributed by atoms with van der Waals surface area (Å²) in [5, 5.41) is 2.64. The fourth-order valence-electron chi connectivity index (χ4n) is 2.97. The van der Waals surface area contributed by atoms with Crippen LogP contribution in [0.4, 0.5) is 5.69 Å². The van der Waals surface area contributed by atoms with Crippen molar-refractivity contribution in [3.63, 3.8) is 0 Å². The molecule has 0 bridgehead atoms. The highest BCUT2D eigenvalue weighted by molar-refractivity contribution is 5.94. The number of carbonyl (C=O) groups is 3. The van der Waals surface area contributed by atoms with E-state index in [0.717, 1.165) is 31.5 Å². The Morgan fingerprint density at radius 2 is 1.52 bits per heavy atom. The average molecular weight is 366 g/mol. The molecule has 0 radical (unpaired) electrons. The summed E-state index contributed by atoms with van der Waals surface area (Å²) in [4.78, 5) is 37.3. The molecule has 1 fully saturated rings. The molecule has 1 N–H and O–H groups in total. The van der Waals surface area contributed by atoms with E-state index in [-0.39, 0.29) is 18.4 Å². The number of nitrogens with zero attached hydrogens (tertiary/aromatic N) is 1. The van der Waals surface area contributed by atoms with Crippen LogP contribution in [0.15, 0.2) is 48.5 Å². The Hall–Kier alpha value is -3.15. The van der Waals surface area contributed by atoms with Gasteiger partial charge in [-0.1, -0.05) is 12.1 Å². The van der Waals surface area contributed by atoms with Gasteiger partial charge in [0.25, 0.3) is 5.91 Å². The van der Waals surface area contributed by atoms with E-state index in [1.807, 2.05) is 4.90 Å². The molecular weight excluding hydrogens is 344 g/mol. The van der Waals surface area contributed by atoms with Gasteiger partial charge in [0.05, 0.1) is 5.56 Å². The maximum atomic E-state index is 12.3. The largest absolute Gasteiger partial charge is 0.457 e. The van der Waals surface area contributed by atoms with Crippen molar-refractivity contribution in [3.8, 4) is 0 Å². The van der Waals surface area contributed by atoms with Crippen LogP contribution in [0.5, 0.6) is 0 Å². The number of esters is 1. The second-order valence-electron chi connectivity index (χ2n) is 6.53. The molecule has 0 unspecified atom stereocenters. The van der Waals surface area contributed by atoms with Gasteiger partial charge in [0.2, 0.25) is 5.91 Å². The summed E-state index contributed by atoms with van der Waals surface area (Å²) < 4.78 is 5.31. The maximum Gasteiger partial charge on any atom is 0.338 e. The molecule has 0 atom stereocenters. The van der Waals surface area contributed by atoms with Gasteiger partial charge in [-0.3, -0.25) is 9.59 Å². The summed E-state index contributed by atoms with van der Waals surface area (Å²) in [6, 6.07) is 13.6. The first-order valence-electron chi connectivity index (χ1n) is 8.96. The van der Waals surface area contributed by atoms with Crippen LogP contribution in [0.2, 0.25) is 0 Å². The van der Waals surface area contributed by atoms with E-state index in [9.17, 15) is 14.4 Å². The Balaban J connectivity index is 1.54. The first-order valence-corrected chi connectivity index (χ1v) is 8.96. The van der Waals surface area contributed by atoms with E-state index in [2.05, 4.69) is 5.32 Å². The number of carbonyl (C=O) groups excluding carboxylic acids is 3. The number of rotatable bonds is 5. The van der Waals surface area contributed by atoms with Gasteiger partial charge in [-0.25, -0.2) is 4.79 Å². The smallest absolute Gasteiger partial charge is 0.338 e. The number of amides is 2. The lowest BCUT2D eigenvalue weighted by Gasteiger charge is -2.15. The normalized spacial score (nSPS) is 13.3. The van der Waals surface area contributed by atoms with Crippen molar-refractivity contribution in [2.45, 2.75) is 26.4 Å². The standard InChI is InChI=1S/C21H22N2O4/c1-15(24)22-19-10-8-18(9-11-19)21(26)27-14-16-4-6-17(7-5-16)20(25)23-12-2-3-13-23/h4-11H,2-3,12-14H2,1H3,(H,22,24). The van der Waals surface area contributed by atoms with Gasteiger partial charge >= 0.3 is 5.97 Å². The Morgan fingerprint density at radius 1 is 0.926 bits per heavy atom. The van der Waals surface area contributed by atoms with Crippen LogP contribution in [0.1, 0.15) is 46.0 Å². The van der Waals surface area contributed by atoms with Crippen LogP contribution in [-0.2, 0) is 16.1 Å². The highest BCUT2D eigenvalue weighted by Gasteiger charge is 2.19. The molecule has 1 aliphatic rings. The predicted octanol–water partition coefficient (Wildman–Crippen LogP) is 3.24. The topological polar surface area (TPSA) is 75.7 Å². The minimum Gasteiger partial charge on any atom is -0.457 e. The molecule has 0 saturated carbocycles. The van der Waals surface area contributed by atoms with Crippen molar-refractivity contribution in [1.82, 2.24) is 4.90 Å². The van der Waals surface area contributed by atoms with Crippen molar-refractivity contribution < 1.29 is 19.1 Å². The SMILES string of the molecule is CC(=O)Nc1ccc(C(=O)OCc2ccc(C(=O)N3CCCC3)cc2)cc1. The number of hydrogen-bond acceptors (Lipinski definition) is 4. The lowest BCUT2D eigenvalue weighted by atomic mass is 10.1. The predicted molar refractivity (Wildman–Crippen MR) is 101 cm³/mol. The summed E-state index contributed by atoms with van der Waals surface area (Å²) in [5.74, 6) is -0.561. The molecule has 0 aliphatic carbocycles. The van der Waals surface area contributed by atoms with Gasteiger partial charge < -0.3 is 15.0 Å². The van der Waals surface area contributed by atoms with Gasteiger partial charge in [0.15, 0.2) is 0 Å². The number of likely N-dealkylation sites (tertiary alicyclic amines) is 1. The Bertz CT molecular complexity index is 822. The van der Waals surface area contributed by atoms with Crippen molar-refractivity contribution in [2.24, 2.45) is 0 Å². The molecule has 3 rings (SSSR count). The fourth-order valence-corrected chi connectivity index (χ4v) is 2.97. The fraction of sp³-hybridized carbons (Fsp3) is 0.286. The van der Waals surface area contributed by atoms with Gasteiger partial charge in [-0.2, -0.15) is 0 Å². The van der Waals surface area contributed by atoms with Crippen LogP contribution in [0.3, 0.4) is 0 Å². The highest BCUT2D eigenvalue weighted by Crippen LogP contribution is 2.15. The van der Waals surface area contributed by atoms with Crippen LogP contribution in [-0.4, -0.2) is 35.8 Å². The average Bonchev–Trinajstić information content (AvgIpc) is 3.21. The van der Waals surface area contributed by atoms with Crippen LogP contribution in [0, 0.1) is 0 Å². The molecule has 0 spiro atoms. The van der Waals surface area contributed by atoms with E-state index < -0.39 is 5.97 Å². The molecule has 1 saturated heterocycles. The third-order valence-corrected chi connectivity index (χ3v) is 4.41. The van der Waals surface area contributed by atoms with Gasteiger partial charge in [0, 0.05) is 31.3 Å². The third kappa shape index (κ3) is 4.94. The van der Waals surface area contributed by atoms with E-state index in [4.69, 9.17) is 4.74 Å². The molecule has 6 heteroatoms. The molecule has 0 aromatic heterocycles. The molecule has 2 aromatic carbocycles. The zero-order chi connectivity index (χ0) is 19.2. The second kappa shape index (κ2) is 8.49. The molecule has 27 heavy (non-hydrogen) atoms. The zero-order valence-electron chi connectivity index (χ0n) is 15.2. The molecular formula is C21H22N2O4. The summed E-state index contributed by atoms with van der Waals surface area (Å²) in [6.07, 6.45) is 2.12. The monoisotopic (exact) mass is 366 g/mol. The van der Waals surface area contributed by atoms with Gasteiger partial charge in [0.1, 0.15) is 6.61 Å². The summed E-state index contributed by atoms with van der Waals surface area (Å²) >= 11 is 0. The first kappa shape index (κ1) is 18.6. The van der Waals surface area contributed by atoms with Crippen molar-refractivity contribution in [3.05, 3.63) is 65.2 Å². The summed E-state index contributed by atoms with van der Waals surface area (Å²) in [5.41, 5.74) is 2.50. The minimum absolute atomic E-state index is 0.0512. The zero-order valence-corrected chi connectivity index (χ0v) is 15.2. The molecule has 1 heterocycles. The summed E-state index contributed by atoms with van der Waals surface area (Å²) in [7, 11) is 0. The summed E-state index contributed by atoms with van der Waals surface area (Å²) in [6.45, 7) is 3.19. The molecule has 1 aliphatic heterocycles. The van der Waals surface area contributed by atoms with E-state index in [1.54, 1.807) is 48.5 Å². The van der Waals surface area contributed by atoms with E-state index >= 15 is 0 Å². The van der Waals surface area contributed by atoms with E-state index in [0.29, 0.717) is 16.8 Å². The number of ether oxygens (including phenoxy) is 1. The second-order valence-corrected chi connectivity index (χ2v) is 6.53. The van der Waals surface area contributed by atoms with Gasteiger partial charge in [-0.15, -0.1) is 0 Å². The van der Waals surface area contributed by atoms with Gasteiger partial charge in [-0.05, 0) is 54.8 Å². The quantitative estimate of drug-likeness (QED) is 0.825.